The minimum absolute atomic E-state index is 0.0669. The van der Waals surface area contributed by atoms with Crippen LogP contribution in [0.25, 0.3) is 0 Å². The van der Waals surface area contributed by atoms with Crippen molar-refractivity contribution < 1.29 is 13.6 Å². The molecule has 1 aromatic rings. The Morgan fingerprint density at radius 2 is 2.06 bits per heavy atom. The van der Waals surface area contributed by atoms with Crippen molar-refractivity contribution in [3.05, 3.63) is 35.4 Å². The molecule has 0 aliphatic heterocycles. The number of nitrogens with zero attached hydrogens (tertiary/aromatic N) is 1. The van der Waals surface area contributed by atoms with Crippen LogP contribution in [0.4, 0.5) is 8.78 Å². The van der Waals surface area contributed by atoms with Crippen molar-refractivity contribution in [3.63, 3.8) is 0 Å². The monoisotopic (exact) mass is 305 g/mol. The third-order valence-corrected chi connectivity index (χ3v) is 2.72. The molecule has 0 aliphatic rings. The van der Waals surface area contributed by atoms with E-state index < -0.39 is 17.5 Å². The fourth-order valence-electron chi connectivity index (χ4n) is 1.50. The number of carbonyl (C=O) groups excluding carboxylic acids is 1. The minimum Gasteiger partial charge on any atom is -0.335 e. The summed E-state index contributed by atoms with van der Waals surface area (Å²) in [6.45, 7) is 4.11. The highest BCUT2D eigenvalue weighted by molar-refractivity contribution is 9.09. The van der Waals surface area contributed by atoms with Crippen LogP contribution in [0.5, 0.6) is 0 Å². The Bertz CT molecular complexity index is 409. The van der Waals surface area contributed by atoms with Crippen LogP contribution in [0.2, 0.25) is 0 Å². The predicted octanol–water partition coefficient (Wildman–Crippen LogP) is 3.21. The van der Waals surface area contributed by atoms with Crippen molar-refractivity contribution in [2.45, 2.75) is 19.9 Å². The van der Waals surface area contributed by atoms with E-state index >= 15 is 0 Å². The van der Waals surface area contributed by atoms with Crippen molar-refractivity contribution in [1.29, 1.82) is 0 Å². The van der Waals surface area contributed by atoms with Gasteiger partial charge in [-0.25, -0.2) is 8.78 Å². The molecule has 0 unspecified atom stereocenters. The van der Waals surface area contributed by atoms with E-state index in [0.29, 0.717) is 11.9 Å². The summed E-state index contributed by atoms with van der Waals surface area (Å²) >= 11 is 3.23. The van der Waals surface area contributed by atoms with E-state index in [1.54, 1.807) is 0 Å². The number of alkyl halides is 1. The molecule has 0 heterocycles. The zero-order valence-corrected chi connectivity index (χ0v) is 11.3. The lowest BCUT2D eigenvalue weighted by Gasteiger charge is -2.26. The van der Waals surface area contributed by atoms with Gasteiger partial charge in [0.05, 0.1) is 5.56 Å². The fraction of sp³-hybridized carbons (Fsp3) is 0.417. The molecule has 0 aromatic heterocycles. The number of rotatable bonds is 4. The van der Waals surface area contributed by atoms with Gasteiger partial charge in [0.1, 0.15) is 11.6 Å². The van der Waals surface area contributed by atoms with E-state index in [0.717, 1.165) is 18.2 Å². The molecule has 0 N–H and O–H groups in total. The van der Waals surface area contributed by atoms with Gasteiger partial charge in [-0.1, -0.05) is 15.9 Å². The SMILES string of the molecule is CC(C)N(CCBr)C(=O)c1cc(F)ccc1F. The van der Waals surface area contributed by atoms with E-state index in [1.165, 1.54) is 4.90 Å². The highest BCUT2D eigenvalue weighted by Gasteiger charge is 2.21. The Kier molecular flexibility index (Phi) is 5.05. The smallest absolute Gasteiger partial charge is 0.257 e. The number of carbonyl (C=O) groups is 1. The number of hydrogen-bond acceptors (Lipinski definition) is 1. The van der Waals surface area contributed by atoms with Gasteiger partial charge in [-0.05, 0) is 32.0 Å². The third kappa shape index (κ3) is 3.49. The molecule has 1 aromatic carbocycles. The molecule has 17 heavy (non-hydrogen) atoms. The van der Waals surface area contributed by atoms with Crippen molar-refractivity contribution >= 4 is 21.8 Å². The molecule has 0 atom stereocenters. The molecular formula is C12H14BrF2NO. The summed E-state index contributed by atoms with van der Waals surface area (Å²) in [4.78, 5) is 13.5. The predicted molar refractivity (Wildman–Crippen MR) is 66.3 cm³/mol. The standard InChI is InChI=1S/C12H14BrF2NO/c1-8(2)16(6-5-13)12(17)10-7-9(14)3-4-11(10)15/h3-4,7-8H,5-6H2,1-2H3. The van der Waals surface area contributed by atoms with Gasteiger partial charge in [0.25, 0.3) is 5.91 Å². The lowest BCUT2D eigenvalue weighted by Crippen LogP contribution is -2.38. The van der Waals surface area contributed by atoms with E-state index in [4.69, 9.17) is 0 Å². The van der Waals surface area contributed by atoms with Gasteiger partial charge in [-0.2, -0.15) is 0 Å². The van der Waals surface area contributed by atoms with Crippen LogP contribution in [0.15, 0.2) is 18.2 Å². The van der Waals surface area contributed by atoms with E-state index in [9.17, 15) is 13.6 Å². The minimum atomic E-state index is -0.698. The van der Waals surface area contributed by atoms with Gasteiger partial charge in [0.15, 0.2) is 0 Å². The number of hydrogen-bond donors (Lipinski definition) is 0. The Morgan fingerprint density at radius 1 is 1.41 bits per heavy atom. The van der Waals surface area contributed by atoms with Gasteiger partial charge < -0.3 is 4.90 Å². The largest absolute Gasteiger partial charge is 0.335 e. The van der Waals surface area contributed by atoms with Crippen molar-refractivity contribution in [2.75, 3.05) is 11.9 Å². The van der Waals surface area contributed by atoms with Crippen LogP contribution in [0.3, 0.4) is 0 Å². The van der Waals surface area contributed by atoms with Crippen LogP contribution in [-0.4, -0.2) is 28.7 Å². The van der Waals surface area contributed by atoms with Crippen molar-refractivity contribution in [1.82, 2.24) is 4.90 Å². The molecule has 0 saturated carbocycles. The average Bonchev–Trinajstić information content (AvgIpc) is 2.28. The molecule has 0 saturated heterocycles. The first-order valence-corrected chi connectivity index (χ1v) is 6.41. The molecule has 1 rings (SSSR count). The molecule has 0 bridgehead atoms. The second kappa shape index (κ2) is 6.10. The summed E-state index contributed by atoms with van der Waals surface area (Å²) < 4.78 is 26.5. The maximum absolute atomic E-state index is 13.5. The second-order valence-corrected chi connectivity index (χ2v) is 4.70. The van der Waals surface area contributed by atoms with Crippen LogP contribution in [-0.2, 0) is 0 Å². The molecule has 0 fully saturated rings. The molecule has 94 valence electrons. The highest BCUT2D eigenvalue weighted by atomic mass is 79.9. The molecule has 2 nitrogen and oxygen atoms in total. The summed E-state index contributed by atoms with van der Waals surface area (Å²) in [6.07, 6.45) is 0. The first-order valence-electron chi connectivity index (χ1n) is 5.29. The Hall–Kier alpha value is -0.970. The first-order chi connectivity index (χ1) is 7.97. The quantitative estimate of drug-likeness (QED) is 0.782. The van der Waals surface area contributed by atoms with Crippen LogP contribution in [0, 0.1) is 11.6 Å². The zero-order chi connectivity index (χ0) is 13.0. The lowest BCUT2D eigenvalue weighted by molar-refractivity contribution is 0.0714. The molecule has 0 aliphatic carbocycles. The van der Waals surface area contributed by atoms with Crippen molar-refractivity contribution in [3.8, 4) is 0 Å². The average molecular weight is 306 g/mol. The third-order valence-electron chi connectivity index (χ3n) is 2.37. The summed E-state index contributed by atoms with van der Waals surface area (Å²) in [5.41, 5.74) is -0.223. The second-order valence-electron chi connectivity index (χ2n) is 3.91. The zero-order valence-electron chi connectivity index (χ0n) is 9.71. The van der Waals surface area contributed by atoms with E-state index in [2.05, 4.69) is 15.9 Å². The first kappa shape index (κ1) is 14.1. The number of benzene rings is 1. The summed E-state index contributed by atoms with van der Waals surface area (Å²) in [7, 11) is 0. The molecule has 0 spiro atoms. The van der Waals surface area contributed by atoms with E-state index in [-0.39, 0.29) is 11.6 Å². The molecular weight excluding hydrogens is 292 g/mol. The van der Waals surface area contributed by atoms with Gasteiger partial charge in [-0.15, -0.1) is 0 Å². The maximum atomic E-state index is 13.5. The van der Waals surface area contributed by atoms with Crippen LogP contribution >= 0.6 is 15.9 Å². The molecule has 1 amide bonds. The van der Waals surface area contributed by atoms with Crippen molar-refractivity contribution in [2.24, 2.45) is 0 Å². The molecule has 0 radical (unpaired) electrons. The fourth-order valence-corrected chi connectivity index (χ4v) is 1.88. The Labute approximate surface area is 108 Å². The van der Waals surface area contributed by atoms with Gasteiger partial charge in [0.2, 0.25) is 0 Å². The Morgan fingerprint density at radius 3 is 2.59 bits per heavy atom. The number of halogens is 3. The van der Waals surface area contributed by atoms with Crippen LogP contribution < -0.4 is 0 Å². The topological polar surface area (TPSA) is 20.3 Å². The normalized spacial score (nSPS) is 10.7. The highest BCUT2D eigenvalue weighted by Crippen LogP contribution is 2.14. The van der Waals surface area contributed by atoms with E-state index in [1.807, 2.05) is 13.8 Å². The van der Waals surface area contributed by atoms with Crippen LogP contribution in [0.1, 0.15) is 24.2 Å². The van der Waals surface area contributed by atoms with Gasteiger partial charge >= 0.3 is 0 Å². The lowest BCUT2D eigenvalue weighted by atomic mass is 10.1. The summed E-state index contributed by atoms with van der Waals surface area (Å²) in [5.74, 6) is -1.80. The van der Waals surface area contributed by atoms with Gasteiger partial charge in [-0.3, -0.25) is 4.79 Å². The summed E-state index contributed by atoms with van der Waals surface area (Å²) in [6, 6.07) is 2.83. The number of amides is 1. The summed E-state index contributed by atoms with van der Waals surface area (Å²) in [5, 5.41) is 0.591. The van der Waals surface area contributed by atoms with Gasteiger partial charge in [0, 0.05) is 17.9 Å². The Balaban J connectivity index is 3.04. The maximum Gasteiger partial charge on any atom is 0.257 e. The molecule has 5 heteroatoms.